The molecule has 0 aliphatic rings. The molecule has 0 radical (unpaired) electrons. The highest BCUT2D eigenvalue weighted by molar-refractivity contribution is 7.13. The van der Waals surface area contributed by atoms with Gasteiger partial charge < -0.3 is 5.73 Å². The van der Waals surface area contributed by atoms with Gasteiger partial charge in [-0.2, -0.15) is 0 Å². The highest BCUT2D eigenvalue weighted by Gasteiger charge is 2.03. The molecule has 2 aromatic rings. The monoisotopic (exact) mass is 190 g/mol. The average Bonchev–Trinajstić information content (AvgIpc) is 2.56. The molecule has 1 aromatic heterocycles. The summed E-state index contributed by atoms with van der Waals surface area (Å²) in [6.07, 6.45) is 1.82. The molecule has 0 atom stereocenters. The Hall–Kier alpha value is -1.35. The predicted octanol–water partition coefficient (Wildman–Crippen LogP) is 2.70. The summed E-state index contributed by atoms with van der Waals surface area (Å²) in [6.45, 7) is 2.05. The van der Waals surface area contributed by atoms with Gasteiger partial charge in [0.2, 0.25) is 0 Å². The van der Waals surface area contributed by atoms with Crippen LogP contribution in [-0.4, -0.2) is 4.98 Å². The second-order valence-electron chi connectivity index (χ2n) is 2.91. The van der Waals surface area contributed by atoms with E-state index in [-0.39, 0.29) is 0 Å². The Morgan fingerprint density at radius 2 is 2.23 bits per heavy atom. The highest BCUT2D eigenvalue weighted by atomic mass is 32.1. The summed E-state index contributed by atoms with van der Waals surface area (Å²) >= 11 is 1.64. The Balaban J connectivity index is 2.53. The van der Waals surface area contributed by atoms with Gasteiger partial charge in [0.1, 0.15) is 5.01 Å². The van der Waals surface area contributed by atoms with Crippen LogP contribution in [0.4, 0.5) is 5.69 Å². The zero-order chi connectivity index (χ0) is 9.26. The fraction of sp³-hybridized carbons (Fsp3) is 0.100. The largest absolute Gasteiger partial charge is 0.399 e. The molecule has 0 unspecified atom stereocenters. The zero-order valence-corrected chi connectivity index (χ0v) is 8.14. The molecule has 1 aromatic carbocycles. The van der Waals surface area contributed by atoms with Gasteiger partial charge in [0.15, 0.2) is 0 Å². The number of thiazole rings is 1. The van der Waals surface area contributed by atoms with Crippen molar-refractivity contribution < 1.29 is 0 Å². The molecule has 0 fully saturated rings. The molecule has 3 heteroatoms. The second kappa shape index (κ2) is 3.18. The first kappa shape index (κ1) is 8.26. The van der Waals surface area contributed by atoms with Gasteiger partial charge in [-0.05, 0) is 30.7 Å². The molecular weight excluding hydrogens is 180 g/mol. The fourth-order valence-electron chi connectivity index (χ4n) is 1.28. The van der Waals surface area contributed by atoms with Crippen LogP contribution in [0.2, 0.25) is 0 Å². The summed E-state index contributed by atoms with van der Waals surface area (Å²) in [5, 5.41) is 3.03. The summed E-state index contributed by atoms with van der Waals surface area (Å²) < 4.78 is 0. The minimum Gasteiger partial charge on any atom is -0.399 e. The van der Waals surface area contributed by atoms with E-state index < -0.39 is 0 Å². The molecular formula is C10H10N2S. The molecule has 1 heterocycles. The van der Waals surface area contributed by atoms with Crippen molar-refractivity contribution in [2.24, 2.45) is 0 Å². The van der Waals surface area contributed by atoms with Crippen molar-refractivity contribution in [1.29, 1.82) is 0 Å². The zero-order valence-electron chi connectivity index (χ0n) is 7.32. The maximum Gasteiger partial charge on any atom is 0.123 e. The first-order valence-electron chi connectivity index (χ1n) is 4.03. The molecule has 13 heavy (non-hydrogen) atoms. The lowest BCUT2D eigenvalue weighted by Gasteiger charge is -2.02. The minimum atomic E-state index is 0.804. The number of hydrogen-bond donors (Lipinski definition) is 1. The molecule has 66 valence electrons. The van der Waals surface area contributed by atoms with E-state index in [4.69, 9.17) is 5.73 Å². The van der Waals surface area contributed by atoms with Crippen LogP contribution >= 0.6 is 11.3 Å². The number of nitrogens with zero attached hydrogens (tertiary/aromatic N) is 1. The number of nitrogens with two attached hydrogens (primary N) is 1. The number of anilines is 1. The number of nitrogen functional groups attached to an aromatic ring is 1. The molecule has 0 aliphatic heterocycles. The van der Waals surface area contributed by atoms with Crippen LogP contribution in [0, 0.1) is 6.92 Å². The lowest BCUT2D eigenvalue weighted by molar-refractivity contribution is 1.38. The Morgan fingerprint density at radius 1 is 1.38 bits per heavy atom. The number of aryl methyl sites for hydroxylation is 1. The van der Waals surface area contributed by atoms with Crippen molar-refractivity contribution in [2.45, 2.75) is 6.92 Å². The minimum absolute atomic E-state index is 0.804. The predicted molar refractivity (Wildman–Crippen MR) is 56.7 cm³/mol. The molecule has 2 N–H and O–H groups in total. The summed E-state index contributed by atoms with van der Waals surface area (Å²) in [5.41, 5.74) is 8.81. The van der Waals surface area contributed by atoms with Crippen LogP contribution in [0.1, 0.15) is 5.56 Å². The van der Waals surface area contributed by atoms with E-state index >= 15 is 0 Å². The van der Waals surface area contributed by atoms with E-state index in [1.54, 1.807) is 11.3 Å². The van der Waals surface area contributed by atoms with Gasteiger partial charge in [0.25, 0.3) is 0 Å². The van der Waals surface area contributed by atoms with Crippen molar-refractivity contribution in [1.82, 2.24) is 4.98 Å². The molecule has 0 amide bonds. The Morgan fingerprint density at radius 3 is 2.85 bits per heavy atom. The van der Waals surface area contributed by atoms with Crippen LogP contribution < -0.4 is 5.73 Å². The molecule has 0 aliphatic carbocycles. The Labute approximate surface area is 81.1 Å². The van der Waals surface area contributed by atoms with Gasteiger partial charge in [-0.1, -0.05) is 0 Å². The first-order valence-corrected chi connectivity index (χ1v) is 4.91. The normalized spacial score (nSPS) is 10.2. The van der Waals surface area contributed by atoms with Crippen molar-refractivity contribution in [3.8, 4) is 10.6 Å². The fourth-order valence-corrected chi connectivity index (χ4v) is 2.01. The highest BCUT2D eigenvalue weighted by Crippen LogP contribution is 2.26. The summed E-state index contributed by atoms with van der Waals surface area (Å²) in [6, 6.07) is 5.89. The quantitative estimate of drug-likeness (QED) is 0.702. The van der Waals surface area contributed by atoms with E-state index in [1.165, 1.54) is 11.1 Å². The van der Waals surface area contributed by atoms with Crippen molar-refractivity contribution in [3.05, 3.63) is 35.3 Å². The molecule has 0 bridgehead atoms. The van der Waals surface area contributed by atoms with E-state index in [0.29, 0.717) is 0 Å². The number of hydrogen-bond acceptors (Lipinski definition) is 3. The van der Waals surface area contributed by atoms with Crippen LogP contribution in [-0.2, 0) is 0 Å². The van der Waals surface area contributed by atoms with E-state index in [9.17, 15) is 0 Å². The van der Waals surface area contributed by atoms with Crippen LogP contribution in [0.5, 0.6) is 0 Å². The van der Waals surface area contributed by atoms with Gasteiger partial charge in [-0.3, -0.25) is 0 Å². The third-order valence-electron chi connectivity index (χ3n) is 1.91. The van der Waals surface area contributed by atoms with E-state index in [2.05, 4.69) is 4.98 Å². The second-order valence-corrected chi connectivity index (χ2v) is 3.81. The van der Waals surface area contributed by atoms with Gasteiger partial charge in [0, 0.05) is 22.8 Å². The van der Waals surface area contributed by atoms with Gasteiger partial charge >= 0.3 is 0 Å². The standard InChI is InChI=1S/C10H10N2S/c1-7-6-8(11)2-3-9(7)10-12-4-5-13-10/h2-6H,11H2,1H3. The molecule has 0 spiro atoms. The average molecular weight is 190 g/mol. The van der Waals surface area contributed by atoms with Crippen LogP contribution in [0.3, 0.4) is 0 Å². The molecule has 0 saturated carbocycles. The third-order valence-corrected chi connectivity index (χ3v) is 2.72. The van der Waals surface area contributed by atoms with Crippen molar-refractivity contribution >= 4 is 17.0 Å². The van der Waals surface area contributed by atoms with Gasteiger partial charge in [-0.15, -0.1) is 11.3 Å². The Kier molecular flexibility index (Phi) is 2.02. The molecule has 2 nitrogen and oxygen atoms in total. The lowest BCUT2D eigenvalue weighted by atomic mass is 10.1. The topological polar surface area (TPSA) is 38.9 Å². The van der Waals surface area contributed by atoms with E-state index in [0.717, 1.165) is 10.7 Å². The first-order chi connectivity index (χ1) is 6.27. The van der Waals surface area contributed by atoms with Crippen LogP contribution in [0.25, 0.3) is 10.6 Å². The Bertz CT molecular complexity index is 407. The lowest BCUT2D eigenvalue weighted by Crippen LogP contribution is -1.87. The number of benzene rings is 1. The maximum absolute atomic E-state index is 5.66. The summed E-state index contributed by atoms with van der Waals surface area (Å²) in [4.78, 5) is 4.25. The number of rotatable bonds is 1. The van der Waals surface area contributed by atoms with Gasteiger partial charge in [-0.25, -0.2) is 4.98 Å². The summed E-state index contributed by atoms with van der Waals surface area (Å²) in [5.74, 6) is 0. The third kappa shape index (κ3) is 1.55. The van der Waals surface area contributed by atoms with Crippen molar-refractivity contribution in [2.75, 3.05) is 5.73 Å². The van der Waals surface area contributed by atoms with Gasteiger partial charge in [0.05, 0.1) is 0 Å². The van der Waals surface area contributed by atoms with Crippen LogP contribution in [0.15, 0.2) is 29.8 Å². The van der Waals surface area contributed by atoms with Crippen molar-refractivity contribution in [3.63, 3.8) is 0 Å². The molecule has 0 saturated heterocycles. The molecule has 2 rings (SSSR count). The number of aromatic nitrogens is 1. The SMILES string of the molecule is Cc1cc(N)ccc1-c1nccs1. The maximum atomic E-state index is 5.66. The smallest absolute Gasteiger partial charge is 0.123 e. The van der Waals surface area contributed by atoms with E-state index in [1.807, 2.05) is 36.7 Å². The summed E-state index contributed by atoms with van der Waals surface area (Å²) in [7, 11) is 0.